The fourth-order valence-electron chi connectivity index (χ4n) is 2.84. The lowest BCUT2D eigenvalue weighted by Gasteiger charge is -2.18. The Labute approximate surface area is 213 Å². The average Bonchev–Trinajstić information content (AvgIpc) is 2.87. The van der Waals surface area contributed by atoms with Crippen molar-refractivity contribution < 1.29 is 34.3 Å². The summed E-state index contributed by atoms with van der Waals surface area (Å²) in [5.74, 6) is 1.37. The molecule has 0 bridgehead atoms. The van der Waals surface area contributed by atoms with Gasteiger partial charge in [0.25, 0.3) is 11.8 Å². The molecule has 1 unspecified atom stereocenters. The van der Waals surface area contributed by atoms with E-state index in [4.69, 9.17) is 16.0 Å². The molecule has 0 spiro atoms. The van der Waals surface area contributed by atoms with Crippen LogP contribution < -0.4 is 27.2 Å². The first-order valence-corrected chi connectivity index (χ1v) is 10.6. The van der Waals surface area contributed by atoms with Gasteiger partial charge in [-0.2, -0.15) is 0 Å². The molecule has 2 aromatic carbocycles. The van der Waals surface area contributed by atoms with Crippen LogP contribution in [-0.4, -0.2) is 65.1 Å². The Morgan fingerprint density at radius 1 is 0.892 bits per heavy atom. The third-order valence-electron chi connectivity index (χ3n) is 4.72. The van der Waals surface area contributed by atoms with Gasteiger partial charge < -0.3 is 21.5 Å². The van der Waals surface area contributed by atoms with Crippen molar-refractivity contribution in [2.75, 3.05) is 13.1 Å². The monoisotopic (exact) mass is 511 g/mol. The number of carbonyl (C=O) groups is 5. The van der Waals surface area contributed by atoms with Gasteiger partial charge in [-0.1, -0.05) is 37.5 Å². The van der Waals surface area contributed by atoms with Crippen LogP contribution in [0.2, 0.25) is 0 Å². The van der Waals surface area contributed by atoms with Crippen LogP contribution >= 0.6 is 0 Å². The zero-order valence-corrected chi connectivity index (χ0v) is 19.0. The van der Waals surface area contributed by atoms with E-state index in [-0.39, 0.29) is 13.0 Å². The highest BCUT2D eigenvalue weighted by Gasteiger charge is 2.23. The molecule has 0 aromatic heterocycles. The topological polar surface area (TPSA) is 200 Å². The molecule has 4 amide bonds. The van der Waals surface area contributed by atoms with Crippen LogP contribution in [0.5, 0.6) is 0 Å². The molecule has 0 aliphatic rings. The van der Waals surface area contributed by atoms with E-state index in [1.807, 2.05) is 30.3 Å². The van der Waals surface area contributed by atoms with Gasteiger partial charge >= 0.3 is 5.97 Å². The Kier molecular flexibility index (Phi) is 12.5. The molecule has 0 aliphatic carbocycles. The van der Waals surface area contributed by atoms with Gasteiger partial charge in [-0.05, 0) is 36.4 Å². The van der Waals surface area contributed by atoms with Gasteiger partial charge in [0, 0.05) is 23.2 Å². The molecule has 196 valence electrons. The second kappa shape index (κ2) is 15.3. The molecule has 0 aliphatic heterocycles. The third kappa shape index (κ3) is 10.6. The predicted octanol–water partition coefficient (Wildman–Crippen LogP) is -0.639. The third-order valence-corrected chi connectivity index (χ3v) is 4.72. The second-order valence-corrected chi connectivity index (χ2v) is 7.44. The van der Waals surface area contributed by atoms with E-state index in [2.05, 4.69) is 27.8 Å². The lowest BCUT2D eigenvalue weighted by Crippen LogP contribution is -2.53. The minimum atomic E-state index is -1.37. The molecule has 0 saturated carbocycles. The molecule has 0 heterocycles. The lowest BCUT2D eigenvalue weighted by molar-refractivity contribution is -0.141. The number of hydrogen-bond donors (Lipinski definition) is 7. The van der Waals surface area contributed by atoms with Crippen molar-refractivity contribution in [2.45, 2.75) is 25.9 Å². The van der Waals surface area contributed by atoms with Crippen molar-refractivity contribution in [3.63, 3.8) is 0 Å². The van der Waals surface area contributed by atoms with Crippen LogP contribution in [0.15, 0.2) is 54.6 Å². The summed E-state index contributed by atoms with van der Waals surface area (Å²) in [4.78, 5) is 58.5. The van der Waals surface area contributed by atoms with Crippen molar-refractivity contribution in [2.24, 2.45) is 5.73 Å². The van der Waals surface area contributed by atoms with Crippen LogP contribution in [0.25, 0.3) is 0 Å². The van der Waals surface area contributed by atoms with Gasteiger partial charge in [0.15, 0.2) is 0 Å². The highest BCUT2D eigenvalue weighted by atomic mass is 16.5. The maximum Gasteiger partial charge on any atom is 0.321 e. The van der Waals surface area contributed by atoms with Gasteiger partial charge in [-0.15, -0.1) is 0 Å². The fraction of sp³-hybridized carbons (Fsp3) is 0.240. The molecule has 2 aromatic rings. The second-order valence-electron chi connectivity index (χ2n) is 7.44. The van der Waals surface area contributed by atoms with Crippen molar-refractivity contribution in [3.8, 4) is 11.8 Å². The van der Waals surface area contributed by atoms with Gasteiger partial charge in [-0.3, -0.25) is 34.5 Å². The molecule has 37 heavy (non-hydrogen) atoms. The van der Waals surface area contributed by atoms with Crippen molar-refractivity contribution in [3.05, 3.63) is 71.3 Å². The standard InChI is InChI=1S/C24H25N5O7.CH4/c25-20(30)12-18(24(34)35)26-14-21(31)27-13-19(23(33)29-36)28-22(32)17-10-8-16(9-11-17)7-6-15-4-2-1-3-5-15;/h1-5,8-11,18-19,26,36H,12-14H2,(H2,25,30)(H,27,31)(H,28,32)(H,29,33)(H,34,35);1H4/t18?,19-;/m0./s1. The van der Waals surface area contributed by atoms with E-state index < -0.39 is 61.2 Å². The zero-order valence-electron chi connectivity index (χ0n) is 19.0. The molecule has 12 nitrogen and oxygen atoms in total. The Balaban J connectivity index is 0.00000684. The fourth-order valence-corrected chi connectivity index (χ4v) is 2.84. The molecule has 8 N–H and O–H groups in total. The first-order chi connectivity index (χ1) is 17.2. The predicted molar refractivity (Wildman–Crippen MR) is 133 cm³/mol. The number of nitrogens with one attached hydrogen (secondary N) is 4. The number of aliphatic carboxylic acids is 1. The Morgan fingerprint density at radius 3 is 2.03 bits per heavy atom. The first kappa shape index (κ1) is 30.3. The van der Waals surface area contributed by atoms with Gasteiger partial charge in [-0.25, -0.2) is 5.48 Å². The summed E-state index contributed by atoms with van der Waals surface area (Å²) in [5, 5.41) is 25.1. The summed E-state index contributed by atoms with van der Waals surface area (Å²) in [6.45, 7) is -0.913. The van der Waals surface area contributed by atoms with Crippen LogP contribution in [0.4, 0.5) is 0 Å². The Morgan fingerprint density at radius 2 is 1.49 bits per heavy atom. The number of rotatable bonds is 11. The number of hydroxylamine groups is 1. The summed E-state index contributed by atoms with van der Waals surface area (Å²) in [6, 6.07) is 12.9. The van der Waals surface area contributed by atoms with Crippen molar-refractivity contribution in [1.82, 2.24) is 21.4 Å². The minimum Gasteiger partial charge on any atom is -0.480 e. The van der Waals surface area contributed by atoms with E-state index >= 15 is 0 Å². The number of amides is 4. The van der Waals surface area contributed by atoms with Crippen LogP contribution in [0.3, 0.4) is 0 Å². The summed E-state index contributed by atoms with van der Waals surface area (Å²) in [5.41, 5.74) is 8.08. The van der Waals surface area contributed by atoms with E-state index in [1.165, 1.54) is 17.6 Å². The molecule has 0 fully saturated rings. The number of hydrogen-bond acceptors (Lipinski definition) is 7. The number of carbonyl (C=O) groups excluding carboxylic acids is 4. The molecule has 12 heteroatoms. The summed E-state index contributed by atoms with van der Waals surface area (Å²) < 4.78 is 0. The van der Waals surface area contributed by atoms with Crippen LogP contribution in [0, 0.1) is 11.8 Å². The minimum absolute atomic E-state index is 0. The molecule has 2 rings (SSSR count). The van der Waals surface area contributed by atoms with Gasteiger partial charge in [0.1, 0.15) is 12.1 Å². The highest BCUT2D eigenvalue weighted by molar-refractivity contribution is 5.97. The van der Waals surface area contributed by atoms with Gasteiger partial charge in [0.2, 0.25) is 11.8 Å². The number of primary amides is 1. The number of nitrogens with two attached hydrogens (primary N) is 1. The van der Waals surface area contributed by atoms with Crippen molar-refractivity contribution >= 4 is 29.6 Å². The van der Waals surface area contributed by atoms with Crippen LogP contribution in [-0.2, 0) is 19.2 Å². The van der Waals surface area contributed by atoms with Crippen molar-refractivity contribution in [1.29, 1.82) is 0 Å². The van der Waals surface area contributed by atoms with Gasteiger partial charge in [0.05, 0.1) is 13.0 Å². The molecule has 2 atom stereocenters. The smallest absolute Gasteiger partial charge is 0.321 e. The first-order valence-electron chi connectivity index (χ1n) is 10.6. The molecule has 0 radical (unpaired) electrons. The molecular formula is C25H29N5O7. The molecular weight excluding hydrogens is 482 g/mol. The summed E-state index contributed by atoms with van der Waals surface area (Å²) in [6.07, 6.45) is -0.523. The zero-order chi connectivity index (χ0) is 26.5. The molecule has 0 saturated heterocycles. The maximum absolute atomic E-state index is 12.6. The Bertz CT molecular complexity index is 1160. The number of benzene rings is 2. The van der Waals surface area contributed by atoms with E-state index in [1.54, 1.807) is 12.1 Å². The van der Waals surface area contributed by atoms with Crippen LogP contribution in [0.1, 0.15) is 35.3 Å². The highest BCUT2D eigenvalue weighted by Crippen LogP contribution is 2.05. The average molecular weight is 512 g/mol. The quantitative estimate of drug-likeness (QED) is 0.117. The normalized spacial score (nSPS) is 11.4. The number of carboxylic acid groups (broad SMARTS) is 1. The Hall–Kier alpha value is -4.73. The lowest BCUT2D eigenvalue weighted by atomic mass is 10.1. The summed E-state index contributed by atoms with van der Waals surface area (Å²) in [7, 11) is 0. The van der Waals surface area contributed by atoms with E-state index in [0.717, 1.165) is 5.56 Å². The SMILES string of the molecule is C.NC(=O)CC(NCC(=O)NC[C@H](NC(=O)c1ccc(C#Cc2ccccc2)cc1)C(=O)NO)C(=O)O. The number of carboxylic acids is 1. The summed E-state index contributed by atoms with van der Waals surface area (Å²) >= 11 is 0. The largest absolute Gasteiger partial charge is 0.480 e. The van der Waals surface area contributed by atoms with E-state index in [9.17, 15) is 24.0 Å². The maximum atomic E-state index is 12.6. The van der Waals surface area contributed by atoms with E-state index in [0.29, 0.717) is 5.56 Å².